The molecule has 0 radical (unpaired) electrons. The number of amides is 2. The van der Waals surface area contributed by atoms with Gasteiger partial charge in [-0.3, -0.25) is 4.31 Å². The monoisotopic (exact) mass is 487 g/mol. The Balaban J connectivity index is 1.51. The second kappa shape index (κ2) is 9.21. The Kier molecular flexibility index (Phi) is 6.35. The highest BCUT2D eigenvalue weighted by molar-refractivity contribution is 7.92. The number of benzene rings is 3. The number of fused-ring (bicyclic) bond motifs is 1. The van der Waals surface area contributed by atoms with E-state index in [1.807, 2.05) is 0 Å². The zero-order chi connectivity index (χ0) is 23.6. The Bertz CT molecular complexity index is 1300. The number of nitrogens with zero attached hydrogens (tertiary/aromatic N) is 1. The van der Waals surface area contributed by atoms with Crippen molar-refractivity contribution in [2.24, 2.45) is 0 Å². The van der Waals surface area contributed by atoms with Crippen LogP contribution in [0.1, 0.15) is 5.56 Å². The SMILES string of the molecule is COc1cc(OC)c(NC(=O)Nc2ccc3c(c2)CCN3S(=O)(=O)c2ccccc2)cc1Cl. The number of ether oxygens (including phenoxy) is 2. The van der Waals surface area contributed by atoms with E-state index in [9.17, 15) is 13.2 Å². The van der Waals surface area contributed by atoms with Crippen LogP contribution in [0.25, 0.3) is 0 Å². The number of anilines is 3. The fourth-order valence-electron chi connectivity index (χ4n) is 3.66. The van der Waals surface area contributed by atoms with E-state index >= 15 is 0 Å². The van der Waals surface area contributed by atoms with Crippen LogP contribution in [0.5, 0.6) is 11.5 Å². The van der Waals surface area contributed by atoms with Crippen molar-refractivity contribution in [3.63, 3.8) is 0 Å². The number of rotatable bonds is 6. The molecular formula is C23H22ClN3O5S. The first kappa shape index (κ1) is 22.8. The number of sulfonamides is 1. The fourth-order valence-corrected chi connectivity index (χ4v) is 5.43. The van der Waals surface area contributed by atoms with Gasteiger partial charge < -0.3 is 20.1 Å². The average molecular weight is 488 g/mol. The molecule has 8 nitrogen and oxygen atoms in total. The lowest BCUT2D eigenvalue weighted by molar-refractivity contribution is 0.262. The van der Waals surface area contributed by atoms with Gasteiger partial charge in [-0.15, -0.1) is 0 Å². The van der Waals surface area contributed by atoms with Crippen LogP contribution in [-0.2, 0) is 16.4 Å². The van der Waals surface area contributed by atoms with Crippen LogP contribution < -0.4 is 24.4 Å². The lowest BCUT2D eigenvalue weighted by Crippen LogP contribution is -2.29. The van der Waals surface area contributed by atoms with E-state index < -0.39 is 16.1 Å². The molecule has 0 saturated heterocycles. The number of methoxy groups -OCH3 is 2. The van der Waals surface area contributed by atoms with Crippen LogP contribution in [0.3, 0.4) is 0 Å². The molecule has 3 aromatic rings. The molecule has 0 aromatic heterocycles. The largest absolute Gasteiger partial charge is 0.495 e. The maximum Gasteiger partial charge on any atom is 0.323 e. The standard InChI is InChI=1S/C23H22ClN3O5S/c1-31-21-14-22(32-2)19(13-18(21)24)26-23(28)25-16-8-9-20-15(12-16)10-11-27(20)33(29,30)17-6-4-3-5-7-17/h3-9,12-14H,10-11H2,1-2H3,(H2,25,26,28). The molecule has 0 unspecified atom stereocenters. The maximum atomic E-state index is 13.0. The summed E-state index contributed by atoms with van der Waals surface area (Å²) in [6.45, 7) is 0.337. The summed E-state index contributed by atoms with van der Waals surface area (Å²) in [4.78, 5) is 12.8. The minimum Gasteiger partial charge on any atom is -0.495 e. The van der Waals surface area contributed by atoms with Crippen molar-refractivity contribution in [1.29, 1.82) is 0 Å². The van der Waals surface area contributed by atoms with Crippen molar-refractivity contribution >= 4 is 44.7 Å². The first-order valence-corrected chi connectivity index (χ1v) is 11.9. The van der Waals surface area contributed by atoms with Crippen molar-refractivity contribution in [2.45, 2.75) is 11.3 Å². The summed E-state index contributed by atoms with van der Waals surface area (Å²) in [6, 6.07) is 16.1. The first-order chi connectivity index (χ1) is 15.8. The molecule has 10 heteroatoms. The lowest BCUT2D eigenvalue weighted by Gasteiger charge is -2.20. The fraction of sp³-hybridized carbons (Fsp3) is 0.174. The third-order valence-corrected chi connectivity index (χ3v) is 7.37. The maximum absolute atomic E-state index is 13.0. The van der Waals surface area contributed by atoms with Crippen molar-refractivity contribution in [3.8, 4) is 11.5 Å². The summed E-state index contributed by atoms with van der Waals surface area (Å²) < 4.78 is 37.9. The Morgan fingerprint density at radius 1 is 0.970 bits per heavy atom. The second-order valence-corrected chi connectivity index (χ2v) is 9.52. The van der Waals surface area contributed by atoms with Gasteiger partial charge in [-0.1, -0.05) is 29.8 Å². The van der Waals surface area contributed by atoms with Gasteiger partial charge in [-0.05, 0) is 48.4 Å². The highest BCUT2D eigenvalue weighted by Gasteiger charge is 2.30. The predicted molar refractivity (Wildman–Crippen MR) is 128 cm³/mol. The summed E-state index contributed by atoms with van der Waals surface area (Å²) in [6.07, 6.45) is 0.542. The lowest BCUT2D eigenvalue weighted by atomic mass is 10.1. The summed E-state index contributed by atoms with van der Waals surface area (Å²) in [7, 11) is -0.689. The van der Waals surface area contributed by atoms with Gasteiger partial charge in [-0.2, -0.15) is 0 Å². The van der Waals surface area contributed by atoms with Crippen LogP contribution >= 0.6 is 11.6 Å². The molecule has 33 heavy (non-hydrogen) atoms. The Hall–Kier alpha value is -3.43. The molecule has 1 aliphatic rings. The zero-order valence-electron chi connectivity index (χ0n) is 18.0. The molecule has 0 spiro atoms. The molecule has 0 fully saturated rings. The predicted octanol–water partition coefficient (Wildman–Crippen LogP) is 4.75. The van der Waals surface area contributed by atoms with E-state index in [2.05, 4.69) is 10.6 Å². The molecule has 3 aromatic carbocycles. The number of hydrogen-bond acceptors (Lipinski definition) is 5. The van der Waals surface area contributed by atoms with E-state index in [1.54, 1.807) is 54.6 Å². The number of hydrogen-bond donors (Lipinski definition) is 2. The van der Waals surface area contributed by atoms with Gasteiger partial charge in [0.25, 0.3) is 10.0 Å². The minimum atomic E-state index is -3.65. The molecule has 172 valence electrons. The summed E-state index contributed by atoms with van der Waals surface area (Å²) in [5.41, 5.74) is 2.34. The van der Waals surface area contributed by atoms with Crippen molar-refractivity contribution in [1.82, 2.24) is 0 Å². The minimum absolute atomic E-state index is 0.242. The molecular weight excluding hydrogens is 466 g/mol. The molecule has 1 heterocycles. The number of carbonyl (C=O) groups excluding carboxylic acids is 1. The second-order valence-electron chi connectivity index (χ2n) is 7.25. The molecule has 4 rings (SSSR count). The highest BCUT2D eigenvalue weighted by Crippen LogP contribution is 2.37. The Morgan fingerprint density at radius 3 is 2.39 bits per heavy atom. The average Bonchev–Trinajstić information content (AvgIpc) is 3.24. The number of halogens is 1. The van der Waals surface area contributed by atoms with E-state index in [1.165, 1.54) is 24.6 Å². The van der Waals surface area contributed by atoms with Gasteiger partial charge in [0, 0.05) is 18.3 Å². The molecule has 1 aliphatic heterocycles. The van der Waals surface area contributed by atoms with Crippen molar-refractivity contribution in [3.05, 3.63) is 71.2 Å². The summed E-state index contributed by atoms with van der Waals surface area (Å²) in [5, 5.41) is 5.78. The molecule has 0 saturated carbocycles. The quantitative estimate of drug-likeness (QED) is 0.523. The van der Waals surface area contributed by atoms with E-state index in [4.69, 9.17) is 21.1 Å². The third kappa shape index (κ3) is 4.55. The first-order valence-electron chi connectivity index (χ1n) is 10.0. The van der Waals surface area contributed by atoms with Crippen molar-refractivity contribution in [2.75, 3.05) is 35.7 Å². The molecule has 2 N–H and O–H groups in total. The van der Waals surface area contributed by atoms with Crippen LogP contribution in [0, 0.1) is 0 Å². The van der Waals surface area contributed by atoms with Gasteiger partial charge >= 0.3 is 6.03 Å². The van der Waals surface area contributed by atoms with Gasteiger partial charge in [0.1, 0.15) is 11.5 Å². The number of urea groups is 1. The van der Waals surface area contributed by atoms with Crippen LogP contribution in [-0.4, -0.2) is 35.2 Å². The zero-order valence-corrected chi connectivity index (χ0v) is 19.5. The number of carbonyl (C=O) groups is 1. The topological polar surface area (TPSA) is 97.0 Å². The van der Waals surface area contributed by atoms with Gasteiger partial charge in [-0.25, -0.2) is 13.2 Å². The van der Waals surface area contributed by atoms with E-state index in [0.717, 1.165) is 5.56 Å². The summed E-state index contributed by atoms with van der Waals surface area (Å²) in [5.74, 6) is 0.815. The highest BCUT2D eigenvalue weighted by atomic mass is 35.5. The number of nitrogens with one attached hydrogen (secondary N) is 2. The molecule has 0 bridgehead atoms. The Morgan fingerprint density at radius 2 is 1.70 bits per heavy atom. The van der Waals surface area contributed by atoms with E-state index in [0.29, 0.717) is 46.5 Å². The van der Waals surface area contributed by atoms with Crippen molar-refractivity contribution < 1.29 is 22.7 Å². The van der Waals surface area contributed by atoms with Crippen LogP contribution in [0.2, 0.25) is 5.02 Å². The van der Waals surface area contributed by atoms with Crippen LogP contribution in [0.4, 0.5) is 21.9 Å². The Labute approximate surface area is 197 Å². The smallest absolute Gasteiger partial charge is 0.323 e. The van der Waals surface area contributed by atoms with E-state index in [-0.39, 0.29) is 4.90 Å². The third-order valence-electron chi connectivity index (χ3n) is 5.24. The molecule has 0 atom stereocenters. The summed E-state index contributed by atoms with van der Waals surface area (Å²) >= 11 is 6.15. The normalized spacial score (nSPS) is 12.8. The molecule has 0 aliphatic carbocycles. The van der Waals surface area contributed by atoms with Gasteiger partial charge in [0.15, 0.2) is 0 Å². The molecule has 2 amide bonds. The van der Waals surface area contributed by atoms with Gasteiger partial charge in [0.2, 0.25) is 0 Å². The van der Waals surface area contributed by atoms with Gasteiger partial charge in [0.05, 0.1) is 35.5 Å². The van der Waals surface area contributed by atoms with Crippen LogP contribution in [0.15, 0.2) is 65.6 Å².